The molecular weight excluding hydrogens is 552 g/mol. The fourth-order valence-corrected chi connectivity index (χ4v) is 6.12. The molecule has 6 nitrogen and oxygen atoms in total. The first-order valence-electron chi connectivity index (χ1n) is 15.3. The van der Waals surface area contributed by atoms with Gasteiger partial charge in [0.2, 0.25) is 0 Å². The largest absolute Gasteiger partial charge is 0.508 e. The summed E-state index contributed by atoms with van der Waals surface area (Å²) in [6.45, 7) is 20.6. The summed E-state index contributed by atoms with van der Waals surface area (Å²) >= 11 is 0. The third-order valence-corrected chi connectivity index (χ3v) is 13.2. The van der Waals surface area contributed by atoms with Crippen LogP contribution in [0.1, 0.15) is 84.5 Å². The minimum absolute atomic E-state index is 0.0254. The van der Waals surface area contributed by atoms with Crippen LogP contribution in [0.4, 0.5) is 0 Å². The molecule has 1 amide bonds. The number of aliphatic hydroxyl groups is 1. The lowest BCUT2D eigenvalue weighted by Crippen LogP contribution is -2.47. The average Bonchev–Trinajstić information content (AvgIpc) is 2.92. The summed E-state index contributed by atoms with van der Waals surface area (Å²) in [5, 5.41) is 26.7. The second-order valence-electron chi connectivity index (χ2n) is 14.0. The maximum absolute atomic E-state index is 13.0. The van der Waals surface area contributed by atoms with E-state index in [9.17, 15) is 15.0 Å². The molecule has 43 heavy (non-hydrogen) atoms. The van der Waals surface area contributed by atoms with Gasteiger partial charge in [0, 0.05) is 29.8 Å². The zero-order valence-corrected chi connectivity index (χ0v) is 28.6. The van der Waals surface area contributed by atoms with Crippen molar-refractivity contribution in [2.45, 2.75) is 97.7 Å². The van der Waals surface area contributed by atoms with Gasteiger partial charge in [-0.25, -0.2) is 0 Å². The van der Waals surface area contributed by atoms with Crippen molar-refractivity contribution in [3.8, 4) is 5.75 Å². The van der Waals surface area contributed by atoms with Gasteiger partial charge in [0.1, 0.15) is 5.75 Å². The maximum atomic E-state index is 13.0. The minimum Gasteiger partial charge on any atom is -0.508 e. The first-order chi connectivity index (χ1) is 20.0. The molecule has 0 saturated carbocycles. The van der Waals surface area contributed by atoms with Gasteiger partial charge >= 0.3 is 0 Å². The molecule has 7 heteroatoms. The Labute approximate surface area is 260 Å². The van der Waals surface area contributed by atoms with Gasteiger partial charge in [0.15, 0.2) is 8.32 Å². The number of aliphatic hydroxyl groups excluding tert-OH is 1. The molecule has 0 heterocycles. The molecule has 3 rings (SSSR count). The number of benzene rings is 3. The van der Waals surface area contributed by atoms with Crippen LogP contribution in [0.25, 0.3) is 0 Å². The van der Waals surface area contributed by atoms with Crippen LogP contribution in [-0.4, -0.2) is 43.1 Å². The summed E-state index contributed by atoms with van der Waals surface area (Å²) in [4.78, 5) is 13.0. The van der Waals surface area contributed by atoms with Crippen LogP contribution in [0, 0.1) is 13.8 Å². The lowest BCUT2D eigenvalue weighted by atomic mass is 9.93. The van der Waals surface area contributed by atoms with Crippen molar-refractivity contribution in [3.05, 3.63) is 99.6 Å². The minimum atomic E-state index is -2.13. The van der Waals surface area contributed by atoms with Crippen molar-refractivity contribution in [3.63, 3.8) is 0 Å². The Kier molecular flexibility index (Phi) is 11.4. The smallest absolute Gasteiger partial charge is 0.251 e. The molecule has 1 atom stereocenters. The Bertz CT molecular complexity index is 1390. The Morgan fingerprint density at radius 3 is 2.30 bits per heavy atom. The van der Waals surface area contributed by atoms with Crippen LogP contribution < -0.4 is 10.6 Å². The maximum Gasteiger partial charge on any atom is 0.251 e. The van der Waals surface area contributed by atoms with E-state index in [4.69, 9.17) is 4.43 Å². The molecule has 0 aliphatic heterocycles. The van der Waals surface area contributed by atoms with Crippen molar-refractivity contribution in [2.75, 3.05) is 13.1 Å². The molecule has 0 aromatic heterocycles. The van der Waals surface area contributed by atoms with E-state index in [0.29, 0.717) is 24.2 Å². The average molecular weight is 605 g/mol. The lowest BCUT2D eigenvalue weighted by molar-refractivity contribution is 0.0954. The molecule has 234 valence electrons. The number of amides is 1. The van der Waals surface area contributed by atoms with Crippen LogP contribution in [0.5, 0.6) is 5.75 Å². The summed E-state index contributed by atoms with van der Waals surface area (Å²) in [6.07, 6.45) is 1.27. The first-order valence-corrected chi connectivity index (χ1v) is 18.2. The van der Waals surface area contributed by atoms with Gasteiger partial charge in [0.25, 0.3) is 5.91 Å². The zero-order valence-electron chi connectivity index (χ0n) is 27.6. The number of aryl methyl sites for hydroxylation is 2. The van der Waals surface area contributed by atoms with Crippen LogP contribution in [0.15, 0.2) is 60.7 Å². The van der Waals surface area contributed by atoms with Gasteiger partial charge in [0.05, 0.1) is 12.7 Å². The summed E-state index contributed by atoms with van der Waals surface area (Å²) in [5.74, 6) is 0.0195. The number of aromatic hydroxyl groups is 1. The normalized spacial score (nSPS) is 13.2. The standard InChI is InChI=1S/C36H52N2O4Si/c1-25-13-14-27(19-26(25)2)17-18-37-34(41)30-12-10-11-28(20-30)22-36(6,7)38-23-33(42-43(8,9)35(3,4)5)29-15-16-32(40)31(21-29)24-39/h10-16,19-21,33,38-40H,17-18,22-24H2,1-9H3,(H,37,41)/t33-/m0/s1. The predicted octanol–water partition coefficient (Wildman–Crippen LogP) is 7.15. The highest BCUT2D eigenvalue weighted by Gasteiger charge is 2.39. The SMILES string of the molecule is Cc1ccc(CCNC(=O)c2cccc(CC(C)(C)NC[C@H](O[Si](C)(C)C(C)(C)C)c3ccc(O)c(CO)c3)c2)cc1C. The third kappa shape index (κ3) is 9.76. The first kappa shape index (κ1) is 34.5. The summed E-state index contributed by atoms with van der Waals surface area (Å²) in [5.41, 5.74) is 6.63. The van der Waals surface area contributed by atoms with E-state index in [-0.39, 0.29) is 34.9 Å². The van der Waals surface area contributed by atoms with E-state index in [1.54, 1.807) is 6.07 Å². The Morgan fingerprint density at radius 2 is 1.65 bits per heavy atom. The molecule has 0 aliphatic rings. The van der Waals surface area contributed by atoms with E-state index >= 15 is 0 Å². The molecule has 0 spiro atoms. The highest BCUT2D eigenvalue weighted by Crippen LogP contribution is 2.40. The molecular formula is C36H52N2O4Si. The number of nitrogens with one attached hydrogen (secondary N) is 2. The van der Waals surface area contributed by atoms with E-state index in [1.807, 2.05) is 30.3 Å². The second kappa shape index (κ2) is 14.2. The number of carbonyl (C=O) groups is 1. The molecule has 0 bridgehead atoms. The fraction of sp³-hybridized carbons (Fsp3) is 0.472. The number of hydrogen-bond acceptors (Lipinski definition) is 5. The fourth-order valence-electron chi connectivity index (χ4n) is 4.84. The van der Waals surface area contributed by atoms with Crippen molar-refractivity contribution in [2.24, 2.45) is 0 Å². The Morgan fingerprint density at radius 1 is 0.930 bits per heavy atom. The quantitative estimate of drug-likeness (QED) is 0.156. The monoisotopic (exact) mass is 604 g/mol. The van der Waals surface area contributed by atoms with E-state index in [0.717, 1.165) is 24.0 Å². The molecule has 0 radical (unpaired) electrons. The van der Waals surface area contributed by atoms with Crippen molar-refractivity contribution in [1.82, 2.24) is 10.6 Å². The summed E-state index contributed by atoms with van der Waals surface area (Å²) < 4.78 is 6.87. The summed E-state index contributed by atoms with van der Waals surface area (Å²) in [7, 11) is -2.13. The van der Waals surface area contributed by atoms with Gasteiger partial charge in [-0.05, 0) is 111 Å². The van der Waals surface area contributed by atoms with Gasteiger partial charge in [-0.2, -0.15) is 0 Å². The highest BCUT2D eigenvalue weighted by molar-refractivity contribution is 6.74. The Balaban J connectivity index is 1.68. The molecule has 3 aromatic carbocycles. The van der Waals surface area contributed by atoms with E-state index in [1.165, 1.54) is 16.7 Å². The molecule has 4 N–H and O–H groups in total. The molecule has 0 saturated heterocycles. The summed E-state index contributed by atoms with van der Waals surface area (Å²) in [6, 6.07) is 19.6. The predicted molar refractivity (Wildman–Crippen MR) is 179 cm³/mol. The van der Waals surface area contributed by atoms with Crippen LogP contribution >= 0.6 is 0 Å². The number of hydrogen-bond donors (Lipinski definition) is 4. The molecule has 3 aromatic rings. The van der Waals surface area contributed by atoms with Gasteiger partial charge in [-0.3, -0.25) is 4.79 Å². The Hall–Kier alpha value is -2.97. The topological polar surface area (TPSA) is 90.8 Å². The van der Waals surface area contributed by atoms with Crippen LogP contribution in [0.3, 0.4) is 0 Å². The van der Waals surface area contributed by atoms with Crippen molar-refractivity contribution in [1.29, 1.82) is 0 Å². The lowest BCUT2D eigenvalue weighted by Gasteiger charge is -2.40. The van der Waals surface area contributed by atoms with Gasteiger partial charge in [-0.15, -0.1) is 0 Å². The molecule has 0 unspecified atom stereocenters. The van der Waals surface area contributed by atoms with Gasteiger partial charge < -0.3 is 25.3 Å². The van der Waals surface area contributed by atoms with Crippen molar-refractivity contribution >= 4 is 14.2 Å². The molecule has 0 fully saturated rings. The third-order valence-electron chi connectivity index (χ3n) is 8.76. The second-order valence-corrected chi connectivity index (χ2v) is 18.7. The van der Waals surface area contributed by atoms with E-state index < -0.39 is 8.32 Å². The highest BCUT2D eigenvalue weighted by atomic mass is 28.4. The van der Waals surface area contributed by atoms with Gasteiger partial charge in [-0.1, -0.05) is 57.2 Å². The number of rotatable bonds is 13. The van der Waals surface area contributed by atoms with Crippen molar-refractivity contribution < 1.29 is 19.4 Å². The molecule has 0 aliphatic carbocycles. The number of phenols is 1. The number of carbonyl (C=O) groups excluding carboxylic acids is 1. The van der Waals surface area contributed by atoms with E-state index in [2.05, 4.69) is 96.5 Å². The van der Waals surface area contributed by atoms with Crippen LogP contribution in [-0.2, 0) is 23.9 Å². The van der Waals surface area contributed by atoms with Crippen LogP contribution in [0.2, 0.25) is 18.1 Å². The zero-order chi connectivity index (χ0) is 32.0.